The molecular weight excluding hydrogens is 882 g/mol. The number of allylic oxidation sites excluding steroid dienone is 2. The van der Waals surface area contributed by atoms with Gasteiger partial charge < -0.3 is 24.6 Å². The number of para-hydroxylation sites is 4. The number of carbonyl (C=O) groups is 1. The molecule has 19 nitrogen and oxygen atoms in total. The largest absolute Gasteiger partial charge is 0.423 e. The van der Waals surface area contributed by atoms with Crippen molar-refractivity contribution in [2.24, 2.45) is 15.0 Å². The maximum absolute atomic E-state index is 13.5. The van der Waals surface area contributed by atoms with Crippen LogP contribution in [-0.4, -0.2) is 84.9 Å². The highest BCUT2D eigenvalue weighted by atomic mass is 35.5. The number of guanidine groups is 2. The van der Waals surface area contributed by atoms with Crippen molar-refractivity contribution in [2.45, 2.75) is 32.2 Å². The Bertz CT molecular complexity index is 3010. The second kappa shape index (κ2) is 18.2. The van der Waals surface area contributed by atoms with Gasteiger partial charge in [-0.25, -0.2) is 9.98 Å². The average molecular weight is 919 g/mol. The molecule has 3 aromatic carbocycles. The molecule has 7 heterocycles. The number of aliphatic hydroxyl groups excluding tert-OH is 1. The number of hydrogen-bond donors (Lipinski definition) is 8. The number of rotatable bonds is 9. The third-order valence-electron chi connectivity index (χ3n) is 9.98. The number of aromatic amines is 1. The number of oxazole rings is 2. The molecule has 324 valence electrons. The summed E-state index contributed by atoms with van der Waals surface area (Å²) in [7, 11) is 1.67. The minimum absolute atomic E-state index is 0.255. The molecule has 0 radical (unpaired) electrons. The van der Waals surface area contributed by atoms with Gasteiger partial charge in [0.1, 0.15) is 34.4 Å². The van der Waals surface area contributed by atoms with Gasteiger partial charge in [-0.05, 0) is 51.2 Å². The van der Waals surface area contributed by atoms with Crippen LogP contribution in [0.2, 0.25) is 5.02 Å². The number of hydrogen-bond acceptors (Lipinski definition) is 18. The lowest BCUT2D eigenvalue weighted by atomic mass is 9.97. The Morgan fingerprint density at radius 3 is 2.06 bits per heavy atom. The lowest BCUT2D eigenvalue weighted by Gasteiger charge is -2.29. The van der Waals surface area contributed by atoms with Crippen molar-refractivity contribution >= 4 is 97.4 Å². The summed E-state index contributed by atoms with van der Waals surface area (Å²) in [6, 6.07) is 23.8. The fourth-order valence-corrected chi connectivity index (χ4v) is 8.17. The zero-order valence-corrected chi connectivity index (χ0v) is 36.3. The molecule has 3 aliphatic heterocycles. The lowest BCUT2D eigenvalue weighted by Crippen LogP contribution is -2.45. The Kier molecular flexibility index (Phi) is 12.0. The van der Waals surface area contributed by atoms with Crippen LogP contribution in [0.5, 0.6) is 0 Å². The summed E-state index contributed by atoms with van der Waals surface area (Å²) in [4.78, 5) is 36.1. The molecule has 3 aliphatic rings. The third-order valence-corrected chi connectivity index (χ3v) is 11.5. The van der Waals surface area contributed by atoms with Gasteiger partial charge in [-0.2, -0.15) is 15.1 Å². The van der Waals surface area contributed by atoms with Crippen LogP contribution in [0.1, 0.15) is 25.6 Å². The molecule has 0 bridgehead atoms. The smallest absolute Gasteiger partial charge is 0.302 e. The van der Waals surface area contributed by atoms with Crippen molar-refractivity contribution in [2.75, 3.05) is 29.5 Å². The predicted octanol–water partition coefficient (Wildman–Crippen LogP) is 6.70. The molecule has 7 aromatic rings. The monoisotopic (exact) mass is 917 g/mol. The molecule has 0 saturated heterocycles. The minimum Gasteiger partial charge on any atom is -0.423 e. The summed E-state index contributed by atoms with van der Waals surface area (Å²) in [6.07, 6.45) is 2.40. The highest BCUT2D eigenvalue weighted by Gasteiger charge is 2.35. The normalized spacial score (nSPS) is 17.7. The zero-order valence-electron chi connectivity index (χ0n) is 34.0. The van der Waals surface area contributed by atoms with Gasteiger partial charge >= 0.3 is 12.0 Å². The number of benzene rings is 3. The van der Waals surface area contributed by atoms with Crippen LogP contribution in [0.4, 0.5) is 17.2 Å². The number of anilines is 3. The van der Waals surface area contributed by atoms with Gasteiger partial charge in [0.15, 0.2) is 11.2 Å². The number of aromatic nitrogens is 6. The van der Waals surface area contributed by atoms with Gasteiger partial charge in [-0.3, -0.25) is 36.2 Å². The summed E-state index contributed by atoms with van der Waals surface area (Å²) in [5.41, 5.74) is 7.06. The van der Waals surface area contributed by atoms with Gasteiger partial charge in [0.2, 0.25) is 17.1 Å². The van der Waals surface area contributed by atoms with Crippen molar-refractivity contribution in [1.29, 1.82) is 0 Å². The molecule has 22 heteroatoms. The van der Waals surface area contributed by atoms with Gasteiger partial charge in [0.05, 0.1) is 39.8 Å². The van der Waals surface area contributed by atoms with Crippen LogP contribution in [0.3, 0.4) is 0 Å². The molecule has 0 aliphatic carbocycles. The first-order chi connectivity index (χ1) is 31.1. The maximum Gasteiger partial charge on any atom is 0.302 e. The topological polar surface area (TPSA) is 253 Å². The van der Waals surface area contributed by atoms with Crippen molar-refractivity contribution in [3.63, 3.8) is 0 Å². The number of nitrogens with zero attached hydrogens (tertiary/aromatic N) is 8. The quantitative estimate of drug-likeness (QED) is 0.0702. The fraction of sp³-hybridized carbons (Fsp3) is 0.167. The van der Waals surface area contributed by atoms with Crippen LogP contribution in [0.25, 0.3) is 32.8 Å². The molecule has 3 unspecified atom stereocenters. The van der Waals surface area contributed by atoms with Crippen LogP contribution in [0, 0.1) is 0 Å². The fourth-order valence-electron chi connectivity index (χ4n) is 6.99. The summed E-state index contributed by atoms with van der Waals surface area (Å²) in [5.74, 6) is 0.370. The first-order valence-corrected chi connectivity index (χ1v) is 21.2. The van der Waals surface area contributed by atoms with Gasteiger partial charge in [0.25, 0.3) is 5.91 Å². The van der Waals surface area contributed by atoms with E-state index >= 15 is 0 Å². The number of halogens is 2. The van der Waals surface area contributed by atoms with Crippen molar-refractivity contribution in [1.82, 2.24) is 46.3 Å². The number of aliphatic hydroxyl groups is 1. The first-order valence-electron chi connectivity index (χ1n) is 19.6. The average Bonchev–Trinajstić information content (AvgIpc) is 4.15. The second-order valence-corrected chi connectivity index (χ2v) is 16.0. The van der Waals surface area contributed by atoms with Crippen molar-refractivity contribution < 1.29 is 18.7 Å². The van der Waals surface area contributed by atoms with E-state index in [1.807, 2.05) is 91.9 Å². The third kappa shape index (κ3) is 8.85. The summed E-state index contributed by atoms with van der Waals surface area (Å²) >= 11 is 13.9. The van der Waals surface area contributed by atoms with E-state index in [4.69, 9.17) is 32.0 Å². The van der Waals surface area contributed by atoms with E-state index in [-0.39, 0.29) is 6.01 Å². The number of amides is 1. The van der Waals surface area contributed by atoms with E-state index in [1.54, 1.807) is 14.0 Å². The Hall–Kier alpha value is -7.23. The molecule has 0 fully saturated rings. The summed E-state index contributed by atoms with van der Waals surface area (Å²) in [6.45, 7) is 4.13. The SMILES string of the molecule is CC1=C(C(=O)Nc2nnc(-c3ccccc3)s2)C(c2[nH]ncc2Cl)N=C(Nc2nc3ccccc3o2)N1.CNC(O)C1=C(C)NC(Nc2nc3ccccc3o2)=NC1C1=NCC=C1Cl. The van der Waals surface area contributed by atoms with E-state index in [9.17, 15) is 9.90 Å². The molecular formula is C42H37Cl2N15O4S. The molecule has 0 spiro atoms. The van der Waals surface area contributed by atoms with Gasteiger partial charge in [-0.15, -0.1) is 10.2 Å². The van der Waals surface area contributed by atoms with Crippen LogP contribution in [0.15, 0.2) is 143 Å². The molecule has 10 rings (SSSR count). The second-order valence-electron chi connectivity index (χ2n) is 14.2. The maximum atomic E-state index is 13.5. The molecule has 64 heavy (non-hydrogen) atoms. The number of fused-ring (bicyclic) bond motifs is 2. The van der Waals surface area contributed by atoms with Gasteiger partial charge in [0, 0.05) is 22.5 Å². The van der Waals surface area contributed by atoms with E-state index in [0.29, 0.717) is 89.6 Å². The van der Waals surface area contributed by atoms with E-state index in [1.165, 1.54) is 17.5 Å². The van der Waals surface area contributed by atoms with E-state index < -0.39 is 24.2 Å². The van der Waals surface area contributed by atoms with Crippen LogP contribution in [-0.2, 0) is 4.79 Å². The standard InChI is InChI=1S/C24H18ClN9O2S.C18H19ClN6O2/c1-12-17(20(35)30-24-34-33-21(37-24)13-7-3-2-4-8-13)19(18-14(25)11-26-32-18)29-22(27-12)31-23-28-15-9-5-6-10-16(15)36-23;1-9-13(16(26)20-2)15(14-10(19)7-8-21-14)24-17(22-9)25-18-23-11-5-3-4-6-12(11)27-18/h2-11,19H,1H3,(H,26,32)(H,30,34,35)(H2,27,28,29,31);3-7,15-16,20,26H,8H2,1-2H3,(H2,22,23,24,25). The summed E-state index contributed by atoms with van der Waals surface area (Å²) < 4.78 is 11.4. The highest BCUT2D eigenvalue weighted by molar-refractivity contribution is 7.18. The Morgan fingerprint density at radius 2 is 1.47 bits per heavy atom. The van der Waals surface area contributed by atoms with E-state index in [0.717, 1.165) is 16.8 Å². The Morgan fingerprint density at radius 1 is 0.844 bits per heavy atom. The molecule has 4 aromatic heterocycles. The Labute approximate surface area is 377 Å². The first kappa shape index (κ1) is 42.1. The van der Waals surface area contributed by atoms with Gasteiger partial charge in [-0.1, -0.05) is 89.1 Å². The molecule has 0 saturated carbocycles. The van der Waals surface area contributed by atoms with E-state index in [2.05, 4.69) is 77.2 Å². The lowest BCUT2D eigenvalue weighted by molar-refractivity contribution is -0.113. The van der Waals surface area contributed by atoms with Crippen LogP contribution >= 0.6 is 34.5 Å². The molecule has 3 atom stereocenters. The number of likely N-dealkylation sites (N-methyl/N-ethyl adjacent to an activating group) is 1. The predicted molar refractivity (Wildman–Crippen MR) is 247 cm³/mol. The molecule has 1 amide bonds. The highest BCUT2D eigenvalue weighted by Crippen LogP contribution is 2.35. The zero-order chi connectivity index (χ0) is 44.3. The number of aliphatic imine (C=N–C) groups is 3. The number of carbonyl (C=O) groups excluding carboxylic acids is 1. The van der Waals surface area contributed by atoms with Crippen LogP contribution < -0.4 is 31.9 Å². The number of nitrogens with one attached hydrogen (secondary N) is 7. The van der Waals surface area contributed by atoms with Crippen molar-refractivity contribution in [3.05, 3.63) is 129 Å². The number of H-pyrrole nitrogens is 1. The molecule has 8 N–H and O–H groups in total. The minimum atomic E-state index is -0.884. The Balaban J connectivity index is 0.000000170. The summed E-state index contributed by atoms with van der Waals surface area (Å²) in [5, 5.41) is 45.5. The van der Waals surface area contributed by atoms with Crippen molar-refractivity contribution in [3.8, 4) is 10.6 Å².